The number of isocyanates is 1. The number of hydrogen-bond donors (Lipinski definition) is 0. The molecule has 4 heteroatoms. The van der Waals surface area contributed by atoms with Gasteiger partial charge in [-0.3, -0.25) is 0 Å². The second-order valence-corrected chi connectivity index (χ2v) is 4.40. The van der Waals surface area contributed by atoms with Crippen LogP contribution in [0.15, 0.2) is 41.6 Å². The molecule has 18 heavy (non-hydrogen) atoms. The molecule has 0 aliphatic heterocycles. The molecule has 0 heterocycles. The summed E-state index contributed by atoms with van der Waals surface area (Å²) in [6, 6.07) is 7.36. The lowest BCUT2D eigenvalue weighted by Gasteiger charge is -2.18. The highest BCUT2D eigenvalue weighted by atomic mass is 16.7. The third kappa shape index (κ3) is 4.07. The van der Waals surface area contributed by atoms with Crippen molar-refractivity contribution in [2.24, 2.45) is 4.99 Å². The minimum atomic E-state index is -0.615. The first-order valence-corrected chi connectivity index (χ1v) is 5.56. The van der Waals surface area contributed by atoms with E-state index >= 15 is 0 Å². The van der Waals surface area contributed by atoms with Crippen LogP contribution >= 0.6 is 0 Å². The number of ether oxygens (including phenoxy) is 2. The van der Waals surface area contributed by atoms with Crippen LogP contribution in [0.3, 0.4) is 0 Å². The third-order valence-electron chi connectivity index (χ3n) is 2.40. The molecule has 0 aliphatic rings. The van der Waals surface area contributed by atoms with E-state index in [9.17, 15) is 4.79 Å². The van der Waals surface area contributed by atoms with E-state index in [1.807, 2.05) is 38.1 Å². The Kier molecular flexibility index (Phi) is 4.69. The number of carbonyl (C=O) groups excluding carboxylic acids is 1. The lowest BCUT2D eigenvalue weighted by atomic mass is 9.95. The maximum Gasteiger partial charge on any atom is 0.235 e. The zero-order valence-electron chi connectivity index (χ0n) is 10.9. The fourth-order valence-electron chi connectivity index (χ4n) is 1.34. The lowest BCUT2D eigenvalue weighted by molar-refractivity contribution is 0.0626. The molecule has 0 spiro atoms. The molecule has 0 bridgehead atoms. The molecule has 0 saturated carbocycles. The van der Waals surface area contributed by atoms with Gasteiger partial charge in [0.2, 0.25) is 12.9 Å². The maximum absolute atomic E-state index is 10.4. The molecule has 0 unspecified atom stereocenters. The van der Waals surface area contributed by atoms with E-state index in [-0.39, 0.29) is 6.79 Å². The first-order chi connectivity index (χ1) is 8.45. The monoisotopic (exact) mass is 247 g/mol. The lowest BCUT2D eigenvalue weighted by Crippen LogP contribution is -2.13. The van der Waals surface area contributed by atoms with Gasteiger partial charge in [-0.05, 0) is 38.5 Å². The molecular weight excluding hydrogens is 230 g/mol. The summed E-state index contributed by atoms with van der Waals surface area (Å²) < 4.78 is 10.5. The van der Waals surface area contributed by atoms with E-state index < -0.39 is 5.54 Å². The summed E-state index contributed by atoms with van der Waals surface area (Å²) in [5.41, 5.74) is 0.259. The highest BCUT2D eigenvalue weighted by Crippen LogP contribution is 2.27. The molecule has 0 atom stereocenters. The van der Waals surface area contributed by atoms with Gasteiger partial charge < -0.3 is 9.47 Å². The second-order valence-electron chi connectivity index (χ2n) is 4.40. The van der Waals surface area contributed by atoms with E-state index in [4.69, 9.17) is 9.47 Å². The fourth-order valence-corrected chi connectivity index (χ4v) is 1.34. The molecule has 96 valence electrons. The van der Waals surface area contributed by atoms with Gasteiger partial charge in [0.05, 0.1) is 11.3 Å². The van der Waals surface area contributed by atoms with Crippen molar-refractivity contribution in [3.05, 3.63) is 42.2 Å². The van der Waals surface area contributed by atoms with Crippen molar-refractivity contribution in [2.75, 3.05) is 6.79 Å². The predicted octanol–water partition coefficient (Wildman–Crippen LogP) is 3.14. The quantitative estimate of drug-likeness (QED) is 0.336. The highest BCUT2D eigenvalue weighted by molar-refractivity contribution is 5.39. The van der Waals surface area contributed by atoms with Gasteiger partial charge in [-0.15, -0.1) is 0 Å². The minimum Gasteiger partial charge on any atom is -0.463 e. The highest BCUT2D eigenvalue weighted by Gasteiger charge is 2.19. The van der Waals surface area contributed by atoms with E-state index in [1.165, 1.54) is 0 Å². The van der Waals surface area contributed by atoms with Crippen molar-refractivity contribution in [3.63, 3.8) is 0 Å². The molecule has 0 aromatic heterocycles. The Bertz CT molecular complexity index is 474. The number of benzene rings is 1. The normalized spacial score (nSPS) is 10.4. The first-order valence-electron chi connectivity index (χ1n) is 5.56. The molecule has 1 rings (SSSR count). The van der Waals surface area contributed by atoms with Gasteiger partial charge in [0.25, 0.3) is 0 Å². The van der Waals surface area contributed by atoms with Crippen molar-refractivity contribution in [1.82, 2.24) is 0 Å². The van der Waals surface area contributed by atoms with E-state index in [0.717, 1.165) is 5.56 Å². The first kappa shape index (κ1) is 14.0. The minimum absolute atomic E-state index is 0.107. The van der Waals surface area contributed by atoms with Crippen molar-refractivity contribution in [2.45, 2.75) is 26.3 Å². The zero-order chi connectivity index (χ0) is 13.6. The van der Waals surface area contributed by atoms with Gasteiger partial charge in [-0.1, -0.05) is 18.7 Å². The number of nitrogens with zero attached hydrogens (tertiary/aromatic N) is 1. The van der Waals surface area contributed by atoms with Gasteiger partial charge in [-0.2, -0.15) is 4.99 Å². The van der Waals surface area contributed by atoms with Gasteiger partial charge in [-0.25, -0.2) is 4.79 Å². The van der Waals surface area contributed by atoms with Crippen molar-refractivity contribution < 1.29 is 14.3 Å². The summed E-state index contributed by atoms with van der Waals surface area (Å²) >= 11 is 0. The summed E-state index contributed by atoms with van der Waals surface area (Å²) in [5.74, 6) is 1.25. The Balaban J connectivity index is 2.79. The standard InChI is InChI=1S/C14H17NO3/c1-11(2)17-10-18-13-7-5-6-12(8-13)14(3,4)15-9-16/h5-8H,1,10H2,2-4H3. The largest absolute Gasteiger partial charge is 0.463 e. The zero-order valence-corrected chi connectivity index (χ0v) is 10.9. The van der Waals surface area contributed by atoms with Crippen LogP contribution < -0.4 is 4.74 Å². The average Bonchev–Trinajstić information content (AvgIpc) is 2.29. The van der Waals surface area contributed by atoms with Gasteiger partial charge in [0.15, 0.2) is 0 Å². The van der Waals surface area contributed by atoms with E-state index in [2.05, 4.69) is 11.6 Å². The summed E-state index contributed by atoms with van der Waals surface area (Å²) in [7, 11) is 0. The SMILES string of the molecule is C=C(C)OCOc1cccc(C(C)(C)N=C=O)c1. The summed E-state index contributed by atoms with van der Waals surface area (Å²) in [6.45, 7) is 9.14. The molecule has 1 aromatic rings. The van der Waals surface area contributed by atoms with Crippen molar-refractivity contribution in [1.29, 1.82) is 0 Å². The topological polar surface area (TPSA) is 47.9 Å². The predicted molar refractivity (Wildman–Crippen MR) is 69.0 cm³/mol. The molecule has 1 aromatic carbocycles. The molecular formula is C14H17NO3. The summed E-state index contributed by atoms with van der Waals surface area (Å²) in [4.78, 5) is 14.1. The Labute approximate surface area is 107 Å². The smallest absolute Gasteiger partial charge is 0.235 e. The number of hydrogen-bond acceptors (Lipinski definition) is 4. The number of aliphatic imine (C=N–C) groups is 1. The molecule has 0 fully saturated rings. The van der Waals surface area contributed by atoms with Crippen molar-refractivity contribution in [3.8, 4) is 5.75 Å². The molecule has 0 saturated heterocycles. The Morgan fingerprint density at radius 1 is 1.50 bits per heavy atom. The number of allylic oxidation sites excluding steroid dienone is 1. The molecule has 4 nitrogen and oxygen atoms in total. The Morgan fingerprint density at radius 3 is 2.83 bits per heavy atom. The van der Waals surface area contributed by atoms with Crippen LogP contribution in [-0.4, -0.2) is 12.9 Å². The van der Waals surface area contributed by atoms with Gasteiger partial charge >= 0.3 is 0 Å². The third-order valence-corrected chi connectivity index (χ3v) is 2.40. The van der Waals surface area contributed by atoms with E-state index in [1.54, 1.807) is 13.0 Å². The van der Waals surface area contributed by atoms with Crippen LogP contribution in [-0.2, 0) is 15.1 Å². The van der Waals surface area contributed by atoms with Crippen LogP contribution in [0.1, 0.15) is 26.3 Å². The fraction of sp³-hybridized carbons (Fsp3) is 0.357. The molecule has 0 radical (unpaired) electrons. The van der Waals surface area contributed by atoms with E-state index in [0.29, 0.717) is 11.5 Å². The molecule has 0 amide bonds. The summed E-state index contributed by atoms with van der Waals surface area (Å²) in [6.07, 6.45) is 1.58. The Morgan fingerprint density at radius 2 is 2.22 bits per heavy atom. The average molecular weight is 247 g/mol. The second kappa shape index (κ2) is 6.03. The summed E-state index contributed by atoms with van der Waals surface area (Å²) in [5, 5.41) is 0. The van der Waals surface area contributed by atoms with Crippen LogP contribution in [0.2, 0.25) is 0 Å². The maximum atomic E-state index is 10.4. The van der Waals surface area contributed by atoms with Crippen LogP contribution in [0.5, 0.6) is 5.75 Å². The van der Waals surface area contributed by atoms with Crippen LogP contribution in [0, 0.1) is 0 Å². The van der Waals surface area contributed by atoms with Gasteiger partial charge in [0.1, 0.15) is 5.75 Å². The van der Waals surface area contributed by atoms with Crippen molar-refractivity contribution >= 4 is 6.08 Å². The number of rotatable bonds is 6. The van der Waals surface area contributed by atoms with Crippen LogP contribution in [0.25, 0.3) is 0 Å². The molecule has 0 N–H and O–H groups in total. The van der Waals surface area contributed by atoms with Gasteiger partial charge in [0, 0.05) is 0 Å². The molecule has 0 aliphatic carbocycles. The Hall–Kier alpha value is -2.06. The van der Waals surface area contributed by atoms with Crippen LogP contribution in [0.4, 0.5) is 0 Å².